The van der Waals surface area contributed by atoms with Crippen molar-refractivity contribution in [2.75, 3.05) is 19.8 Å². The number of benzene rings is 2. The maximum absolute atomic E-state index is 12.5. The van der Waals surface area contributed by atoms with E-state index in [1.807, 2.05) is 30.3 Å². The first-order chi connectivity index (χ1) is 11.6. The Hall–Kier alpha value is -2.09. The fourth-order valence-electron chi connectivity index (χ4n) is 2.41. The molecule has 0 aliphatic carbocycles. The maximum atomic E-state index is 12.5. The van der Waals surface area contributed by atoms with Gasteiger partial charge in [0, 0.05) is 25.1 Å². The number of hydrogen-bond acceptors (Lipinski definition) is 5. The highest BCUT2D eigenvalue weighted by molar-refractivity contribution is 7.89. The number of nitrogens with two attached hydrogens (primary N) is 1. The van der Waals surface area contributed by atoms with Crippen LogP contribution in [0.2, 0.25) is 0 Å². The topological polar surface area (TPSA) is 90.7 Å². The standard InChI is InChI=1S/C17H20N2O4S/c18-15(13-5-2-1-3-6-13)12-19-24(20,21)14-7-8-16-17(11-14)23-10-4-9-22-16/h1-3,5-8,11,15,19H,4,9-10,12,18H2. The van der Waals surface area contributed by atoms with Gasteiger partial charge in [-0.2, -0.15) is 0 Å². The lowest BCUT2D eigenvalue weighted by Crippen LogP contribution is -2.32. The molecule has 2 aromatic rings. The highest BCUT2D eigenvalue weighted by Gasteiger charge is 2.19. The number of hydrogen-bond donors (Lipinski definition) is 2. The summed E-state index contributed by atoms with van der Waals surface area (Å²) >= 11 is 0. The molecule has 0 saturated heterocycles. The molecule has 3 N–H and O–H groups in total. The SMILES string of the molecule is NC(CNS(=O)(=O)c1ccc2c(c1)OCCCO2)c1ccccc1. The van der Waals surface area contributed by atoms with Gasteiger partial charge in [0.25, 0.3) is 0 Å². The molecule has 1 unspecified atom stereocenters. The molecule has 1 heterocycles. The van der Waals surface area contributed by atoms with Crippen LogP contribution in [-0.4, -0.2) is 28.2 Å². The molecule has 0 radical (unpaired) electrons. The van der Waals surface area contributed by atoms with Crippen LogP contribution >= 0.6 is 0 Å². The molecule has 2 aromatic carbocycles. The zero-order valence-corrected chi connectivity index (χ0v) is 14.0. The fourth-order valence-corrected chi connectivity index (χ4v) is 3.49. The van der Waals surface area contributed by atoms with Gasteiger partial charge in [-0.25, -0.2) is 13.1 Å². The van der Waals surface area contributed by atoms with Crippen molar-refractivity contribution in [3.63, 3.8) is 0 Å². The second-order valence-corrected chi connectivity index (χ2v) is 7.30. The molecule has 128 valence electrons. The summed E-state index contributed by atoms with van der Waals surface area (Å²) in [6.07, 6.45) is 0.765. The quantitative estimate of drug-likeness (QED) is 0.860. The number of sulfonamides is 1. The third kappa shape index (κ3) is 3.87. The van der Waals surface area contributed by atoms with E-state index in [1.165, 1.54) is 12.1 Å². The Morgan fingerprint density at radius 1 is 1.04 bits per heavy atom. The lowest BCUT2D eigenvalue weighted by molar-refractivity contribution is 0.297. The Balaban J connectivity index is 1.72. The Morgan fingerprint density at radius 3 is 2.50 bits per heavy atom. The van der Waals surface area contributed by atoms with E-state index < -0.39 is 16.1 Å². The summed E-state index contributed by atoms with van der Waals surface area (Å²) in [5.41, 5.74) is 6.91. The minimum absolute atomic E-state index is 0.112. The summed E-state index contributed by atoms with van der Waals surface area (Å²) in [6.45, 7) is 1.17. The van der Waals surface area contributed by atoms with Gasteiger partial charge >= 0.3 is 0 Å². The van der Waals surface area contributed by atoms with Crippen molar-refractivity contribution in [2.24, 2.45) is 5.73 Å². The van der Waals surface area contributed by atoms with Crippen LogP contribution in [0.4, 0.5) is 0 Å². The van der Waals surface area contributed by atoms with Gasteiger partial charge in [0.2, 0.25) is 10.0 Å². The molecule has 7 heteroatoms. The predicted molar refractivity (Wildman–Crippen MR) is 90.6 cm³/mol. The second kappa shape index (κ2) is 7.21. The molecule has 1 atom stereocenters. The monoisotopic (exact) mass is 348 g/mol. The van der Waals surface area contributed by atoms with E-state index in [0.717, 1.165) is 12.0 Å². The van der Waals surface area contributed by atoms with E-state index >= 15 is 0 Å². The van der Waals surface area contributed by atoms with Gasteiger partial charge in [-0.05, 0) is 17.7 Å². The summed E-state index contributed by atoms with van der Waals surface area (Å²) < 4.78 is 38.5. The molecule has 0 aromatic heterocycles. The van der Waals surface area contributed by atoms with Crippen LogP contribution in [-0.2, 0) is 10.0 Å². The van der Waals surface area contributed by atoms with E-state index in [1.54, 1.807) is 6.07 Å². The zero-order valence-electron chi connectivity index (χ0n) is 13.1. The molecule has 0 fully saturated rings. The minimum Gasteiger partial charge on any atom is -0.490 e. The minimum atomic E-state index is -3.67. The summed E-state index contributed by atoms with van der Waals surface area (Å²) in [4.78, 5) is 0.131. The number of nitrogens with one attached hydrogen (secondary N) is 1. The summed E-state index contributed by atoms with van der Waals surface area (Å²) in [5.74, 6) is 1.01. The molecular formula is C17H20N2O4S. The first-order valence-electron chi connectivity index (χ1n) is 7.76. The Bertz CT molecular complexity index is 793. The van der Waals surface area contributed by atoms with Crippen LogP contribution in [0.15, 0.2) is 53.4 Å². The van der Waals surface area contributed by atoms with Gasteiger partial charge in [0.15, 0.2) is 11.5 Å². The third-order valence-electron chi connectivity index (χ3n) is 3.75. The number of rotatable bonds is 5. The highest BCUT2D eigenvalue weighted by Crippen LogP contribution is 2.31. The van der Waals surface area contributed by atoms with Gasteiger partial charge in [-0.15, -0.1) is 0 Å². The van der Waals surface area contributed by atoms with Crippen LogP contribution < -0.4 is 19.9 Å². The fraction of sp³-hybridized carbons (Fsp3) is 0.294. The van der Waals surface area contributed by atoms with Crippen LogP contribution in [0, 0.1) is 0 Å². The molecule has 6 nitrogen and oxygen atoms in total. The first-order valence-corrected chi connectivity index (χ1v) is 9.24. The first kappa shape index (κ1) is 16.8. The van der Waals surface area contributed by atoms with Gasteiger partial charge in [0.1, 0.15) is 0 Å². The van der Waals surface area contributed by atoms with Crippen molar-refractivity contribution < 1.29 is 17.9 Å². The Labute approximate surface area is 141 Å². The highest BCUT2D eigenvalue weighted by atomic mass is 32.2. The second-order valence-electron chi connectivity index (χ2n) is 5.53. The van der Waals surface area contributed by atoms with Crippen molar-refractivity contribution in [1.82, 2.24) is 4.72 Å². The zero-order chi connectivity index (χ0) is 17.0. The summed E-state index contributed by atoms with van der Waals surface area (Å²) in [7, 11) is -3.67. The molecule has 0 spiro atoms. The Kier molecular flexibility index (Phi) is 5.03. The molecule has 1 aliphatic rings. The van der Waals surface area contributed by atoms with Crippen molar-refractivity contribution in [1.29, 1.82) is 0 Å². The van der Waals surface area contributed by atoms with Crippen LogP contribution in [0.5, 0.6) is 11.5 Å². The van der Waals surface area contributed by atoms with E-state index in [9.17, 15) is 8.42 Å². The van der Waals surface area contributed by atoms with E-state index in [-0.39, 0.29) is 11.4 Å². The average molecular weight is 348 g/mol. The summed E-state index contributed by atoms with van der Waals surface area (Å²) in [5, 5.41) is 0. The molecule has 0 bridgehead atoms. The number of fused-ring (bicyclic) bond motifs is 1. The normalized spacial score (nSPS) is 15.5. The van der Waals surface area contributed by atoms with Crippen molar-refractivity contribution in [3.8, 4) is 11.5 Å². The van der Waals surface area contributed by atoms with Crippen LogP contribution in [0.1, 0.15) is 18.0 Å². The summed E-state index contributed by atoms with van der Waals surface area (Å²) in [6, 6.07) is 13.5. The van der Waals surface area contributed by atoms with Gasteiger partial charge in [0.05, 0.1) is 18.1 Å². The average Bonchev–Trinajstić information content (AvgIpc) is 2.85. The van der Waals surface area contributed by atoms with Gasteiger partial charge in [-0.3, -0.25) is 0 Å². The lowest BCUT2D eigenvalue weighted by Gasteiger charge is -2.14. The smallest absolute Gasteiger partial charge is 0.240 e. The molecule has 1 aliphatic heterocycles. The van der Waals surface area contributed by atoms with E-state index in [2.05, 4.69) is 4.72 Å². The van der Waals surface area contributed by atoms with Crippen molar-refractivity contribution >= 4 is 10.0 Å². The van der Waals surface area contributed by atoms with Gasteiger partial charge < -0.3 is 15.2 Å². The molecule has 24 heavy (non-hydrogen) atoms. The molecule has 0 amide bonds. The number of ether oxygens (including phenoxy) is 2. The van der Waals surface area contributed by atoms with Crippen LogP contribution in [0.25, 0.3) is 0 Å². The molecule has 3 rings (SSSR count). The van der Waals surface area contributed by atoms with E-state index in [0.29, 0.717) is 24.7 Å². The molecular weight excluding hydrogens is 328 g/mol. The molecule has 0 saturated carbocycles. The largest absolute Gasteiger partial charge is 0.490 e. The van der Waals surface area contributed by atoms with Gasteiger partial charge in [-0.1, -0.05) is 30.3 Å². The third-order valence-corrected chi connectivity index (χ3v) is 5.17. The van der Waals surface area contributed by atoms with Crippen molar-refractivity contribution in [3.05, 3.63) is 54.1 Å². The predicted octanol–water partition coefficient (Wildman–Crippen LogP) is 1.83. The van der Waals surface area contributed by atoms with Crippen LogP contribution in [0.3, 0.4) is 0 Å². The maximum Gasteiger partial charge on any atom is 0.240 e. The lowest BCUT2D eigenvalue weighted by atomic mass is 10.1. The Morgan fingerprint density at radius 2 is 1.75 bits per heavy atom. The van der Waals surface area contributed by atoms with E-state index in [4.69, 9.17) is 15.2 Å². The van der Waals surface area contributed by atoms with Crippen molar-refractivity contribution in [2.45, 2.75) is 17.4 Å².